The van der Waals surface area contributed by atoms with Crippen molar-refractivity contribution in [1.82, 2.24) is 0 Å². The molecule has 0 saturated carbocycles. The number of amides is 1. The summed E-state index contributed by atoms with van der Waals surface area (Å²) in [6.45, 7) is -0.244. The van der Waals surface area contributed by atoms with Crippen molar-refractivity contribution >= 4 is 46.4 Å². The zero-order valence-corrected chi connectivity index (χ0v) is 12.8. The Morgan fingerprint density at radius 2 is 1.76 bits per heavy atom. The van der Waals surface area contributed by atoms with E-state index in [9.17, 15) is 9.18 Å². The summed E-state index contributed by atoms with van der Waals surface area (Å²) >= 11 is 17.2. The molecule has 0 aliphatic rings. The third kappa shape index (κ3) is 4.77. The standard InChI is InChI=1S/C14H9Cl3FNO2/c15-8-3-9(16)5-11(4-8)21-7-14(20)19-10-1-2-13(18)12(17)6-10/h1-6H,7H2,(H,19,20). The van der Waals surface area contributed by atoms with Crippen LogP contribution in [0.3, 0.4) is 0 Å². The monoisotopic (exact) mass is 347 g/mol. The fourth-order valence-corrected chi connectivity index (χ4v) is 2.22. The SMILES string of the molecule is O=C(COc1cc(Cl)cc(Cl)c1)Nc1ccc(F)c(Cl)c1. The number of carbonyl (C=O) groups is 1. The van der Waals surface area contributed by atoms with Crippen LogP contribution < -0.4 is 10.1 Å². The topological polar surface area (TPSA) is 38.3 Å². The van der Waals surface area contributed by atoms with E-state index >= 15 is 0 Å². The van der Waals surface area contributed by atoms with E-state index in [1.807, 2.05) is 0 Å². The molecule has 3 nitrogen and oxygen atoms in total. The molecule has 0 fully saturated rings. The Morgan fingerprint density at radius 1 is 1.10 bits per heavy atom. The molecule has 0 bridgehead atoms. The predicted molar refractivity (Wildman–Crippen MR) is 82.0 cm³/mol. The lowest BCUT2D eigenvalue weighted by molar-refractivity contribution is -0.118. The molecular formula is C14H9Cl3FNO2. The highest BCUT2D eigenvalue weighted by atomic mass is 35.5. The minimum absolute atomic E-state index is 0.0738. The molecule has 0 heterocycles. The van der Waals surface area contributed by atoms with E-state index in [4.69, 9.17) is 39.5 Å². The number of hydrogen-bond donors (Lipinski definition) is 1. The van der Waals surface area contributed by atoms with Crippen LogP contribution in [0, 0.1) is 5.82 Å². The molecule has 0 aliphatic carbocycles. The van der Waals surface area contributed by atoms with Crippen molar-refractivity contribution in [3.63, 3.8) is 0 Å². The van der Waals surface area contributed by atoms with Crippen molar-refractivity contribution in [1.29, 1.82) is 0 Å². The van der Waals surface area contributed by atoms with Crippen molar-refractivity contribution in [3.8, 4) is 5.75 Å². The summed E-state index contributed by atoms with van der Waals surface area (Å²) in [6.07, 6.45) is 0. The first-order valence-electron chi connectivity index (χ1n) is 5.78. The van der Waals surface area contributed by atoms with Crippen LogP contribution in [0.1, 0.15) is 0 Å². The van der Waals surface area contributed by atoms with Gasteiger partial charge in [-0.2, -0.15) is 0 Å². The number of benzene rings is 2. The van der Waals surface area contributed by atoms with E-state index in [1.165, 1.54) is 24.3 Å². The van der Waals surface area contributed by atoms with Crippen LogP contribution in [0.5, 0.6) is 5.75 Å². The van der Waals surface area contributed by atoms with Crippen LogP contribution in [-0.4, -0.2) is 12.5 Å². The van der Waals surface area contributed by atoms with E-state index < -0.39 is 11.7 Å². The van der Waals surface area contributed by atoms with Crippen molar-refractivity contribution < 1.29 is 13.9 Å². The Balaban J connectivity index is 1.94. The third-order valence-corrected chi connectivity index (χ3v) is 3.14. The molecule has 110 valence electrons. The summed E-state index contributed by atoms with van der Waals surface area (Å²) in [4.78, 5) is 11.7. The number of carbonyl (C=O) groups excluding carboxylic acids is 1. The summed E-state index contributed by atoms with van der Waals surface area (Å²) in [6, 6.07) is 8.50. The van der Waals surface area contributed by atoms with Gasteiger partial charge in [-0.3, -0.25) is 4.79 Å². The van der Waals surface area contributed by atoms with Crippen molar-refractivity contribution in [2.24, 2.45) is 0 Å². The summed E-state index contributed by atoms with van der Waals surface area (Å²) in [5.41, 5.74) is 0.374. The highest BCUT2D eigenvalue weighted by Gasteiger charge is 2.07. The minimum atomic E-state index is -0.556. The van der Waals surface area contributed by atoms with Gasteiger partial charge in [0.25, 0.3) is 5.91 Å². The Bertz CT molecular complexity index is 659. The molecule has 2 aromatic rings. The number of hydrogen-bond acceptors (Lipinski definition) is 2. The van der Waals surface area contributed by atoms with Crippen LogP contribution in [0.2, 0.25) is 15.1 Å². The van der Waals surface area contributed by atoms with E-state index in [-0.39, 0.29) is 11.6 Å². The molecule has 21 heavy (non-hydrogen) atoms. The van der Waals surface area contributed by atoms with Crippen molar-refractivity contribution in [2.75, 3.05) is 11.9 Å². The van der Waals surface area contributed by atoms with Crippen LogP contribution in [0.4, 0.5) is 10.1 Å². The molecule has 0 saturated heterocycles. The molecule has 0 aromatic heterocycles. The number of halogens is 4. The van der Waals surface area contributed by atoms with Gasteiger partial charge in [-0.25, -0.2) is 4.39 Å². The van der Waals surface area contributed by atoms with Gasteiger partial charge < -0.3 is 10.1 Å². The van der Waals surface area contributed by atoms with Gasteiger partial charge in [0, 0.05) is 15.7 Å². The quantitative estimate of drug-likeness (QED) is 0.861. The van der Waals surface area contributed by atoms with Crippen LogP contribution in [0.25, 0.3) is 0 Å². The maximum atomic E-state index is 13.0. The lowest BCUT2D eigenvalue weighted by atomic mass is 10.3. The zero-order valence-electron chi connectivity index (χ0n) is 10.5. The Kier molecular flexibility index (Phi) is 5.28. The number of anilines is 1. The summed E-state index contributed by atoms with van der Waals surface area (Å²) in [7, 11) is 0. The molecule has 0 aliphatic heterocycles. The highest BCUT2D eigenvalue weighted by molar-refractivity contribution is 6.34. The molecule has 1 amide bonds. The predicted octanol–water partition coefficient (Wildman–Crippen LogP) is 4.80. The van der Waals surface area contributed by atoms with Gasteiger partial charge in [-0.05, 0) is 36.4 Å². The molecule has 7 heteroatoms. The maximum absolute atomic E-state index is 13.0. The third-order valence-electron chi connectivity index (χ3n) is 2.41. The van der Waals surface area contributed by atoms with E-state index in [0.29, 0.717) is 21.5 Å². The largest absolute Gasteiger partial charge is 0.484 e. The number of ether oxygens (including phenoxy) is 1. The first-order chi connectivity index (χ1) is 9.94. The molecule has 2 rings (SSSR count). The van der Waals surface area contributed by atoms with Crippen LogP contribution >= 0.6 is 34.8 Å². The van der Waals surface area contributed by atoms with Gasteiger partial charge in [-0.15, -0.1) is 0 Å². The van der Waals surface area contributed by atoms with E-state index in [1.54, 1.807) is 6.07 Å². The van der Waals surface area contributed by atoms with Gasteiger partial charge in [0.05, 0.1) is 5.02 Å². The second kappa shape index (κ2) is 6.98. The summed E-state index contributed by atoms with van der Waals surface area (Å²) in [5.74, 6) is -0.604. The first-order valence-corrected chi connectivity index (χ1v) is 6.91. The van der Waals surface area contributed by atoms with Crippen LogP contribution in [-0.2, 0) is 4.79 Å². The highest BCUT2D eigenvalue weighted by Crippen LogP contribution is 2.24. The summed E-state index contributed by atoms with van der Waals surface area (Å²) < 4.78 is 18.3. The molecular weight excluding hydrogens is 340 g/mol. The second-order valence-electron chi connectivity index (χ2n) is 4.07. The Morgan fingerprint density at radius 3 is 2.38 bits per heavy atom. The molecule has 2 aromatic carbocycles. The molecule has 1 N–H and O–H groups in total. The Labute approximate surface area is 135 Å². The Hall–Kier alpha value is -1.49. The van der Waals surface area contributed by atoms with Gasteiger partial charge in [0.15, 0.2) is 6.61 Å². The summed E-state index contributed by atoms with van der Waals surface area (Å²) in [5, 5.41) is 3.27. The smallest absolute Gasteiger partial charge is 0.262 e. The van der Waals surface area contributed by atoms with Gasteiger partial charge in [0.2, 0.25) is 0 Å². The fourth-order valence-electron chi connectivity index (χ4n) is 1.53. The molecule has 0 radical (unpaired) electrons. The lowest BCUT2D eigenvalue weighted by Gasteiger charge is -2.08. The molecule has 0 unspecified atom stereocenters. The maximum Gasteiger partial charge on any atom is 0.262 e. The van der Waals surface area contributed by atoms with Crippen molar-refractivity contribution in [3.05, 3.63) is 57.3 Å². The molecule has 0 spiro atoms. The number of nitrogens with one attached hydrogen (secondary N) is 1. The average Bonchev–Trinajstić information content (AvgIpc) is 2.40. The van der Waals surface area contributed by atoms with Gasteiger partial charge in [0.1, 0.15) is 11.6 Å². The number of rotatable bonds is 4. The van der Waals surface area contributed by atoms with E-state index in [2.05, 4.69) is 5.32 Å². The average molecular weight is 349 g/mol. The van der Waals surface area contributed by atoms with E-state index in [0.717, 1.165) is 6.07 Å². The lowest BCUT2D eigenvalue weighted by Crippen LogP contribution is -2.20. The van der Waals surface area contributed by atoms with Crippen LogP contribution in [0.15, 0.2) is 36.4 Å². The van der Waals surface area contributed by atoms with Gasteiger partial charge in [-0.1, -0.05) is 34.8 Å². The second-order valence-corrected chi connectivity index (χ2v) is 5.35. The van der Waals surface area contributed by atoms with Gasteiger partial charge >= 0.3 is 0 Å². The minimum Gasteiger partial charge on any atom is -0.484 e. The first kappa shape index (κ1) is 15.9. The van der Waals surface area contributed by atoms with Crippen molar-refractivity contribution in [2.45, 2.75) is 0 Å². The molecule has 0 atom stereocenters. The zero-order chi connectivity index (χ0) is 15.4. The fraction of sp³-hybridized carbons (Fsp3) is 0.0714. The normalized spacial score (nSPS) is 10.3.